The van der Waals surface area contributed by atoms with E-state index in [1.807, 2.05) is 0 Å². The van der Waals surface area contributed by atoms with Crippen LogP contribution in [0.25, 0.3) is 0 Å². The Labute approximate surface area is 204 Å². The number of aryl methyl sites for hydroxylation is 1. The minimum Gasteiger partial charge on any atom is -0.368 e. The minimum absolute atomic E-state index is 0.00142. The standard InChI is InChI=1S/C26H29N5O2S/c1-18-5-4-6-23(19(18)2)30-13-15-31(16-14-30)25-26(28-12-11-27-25)34-17-24(33)29-22-9-7-21(8-10-22)20(3)32/h4-12H,13-17H2,1-3H3,(H,29,33). The molecule has 1 N–H and O–H groups in total. The zero-order valence-electron chi connectivity index (χ0n) is 19.7. The number of rotatable bonds is 7. The zero-order chi connectivity index (χ0) is 24.1. The first-order chi connectivity index (χ1) is 16.4. The van der Waals surface area contributed by atoms with Crippen LogP contribution < -0.4 is 15.1 Å². The van der Waals surface area contributed by atoms with E-state index in [1.165, 1.54) is 35.5 Å². The Bertz CT molecular complexity index is 1170. The van der Waals surface area contributed by atoms with Crippen LogP contribution in [0.15, 0.2) is 59.9 Å². The molecule has 0 radical (unpaired) electrons. The first-order valence-corrected chi connectivity index (χ1v) is 12.3. The SMILES string of the molecule is CC(=O)c1ccc(NC(=O)CSc2nccnc2N2CCN(c3cccc(C)c3C)CC2)cc1. The van der Waals surface area contributed by atoms with Gasteiger partial charge in [0.05, 0.1) is 5.75 Å². The molecule has 8 heteroatoms. The number of nitrogens with zero attached hydrogens (tertiary/aromatic N) is 4. The van der Waals surface area contributed by atoms with Gasteiger partial charge in [-0.05, 0) is 62.2 Å². The van der Waals surface area contributed by atoms with Crippen molar-refractivity contribution < 1.29 is 9.59 Å². The molecule has 4 rings (SSSR count). The smallest absolute Gasteiger partial charge is 0.234 e. The van der Waals surface area contributed by atoms with Gasteiger partial charge in [0.2, 0.25) is 5.91 Å². The highest BCUT2D eigenvalue weighted by molar-refractivity contribution is 8.00. The van der Waals surface area contributed by atoms with Crippen LogP contribution in [-0.4, -0.2) is 53.6 Å². The fourth-order valence-corrected chi connectivity index (χ4v) is 4.78. The summed E-state index contributed by atoms with van der Waals surface area (Å²) in [6.07, 6.45) is 3.36. The maximum absolute atomic E-state index is 12.5. The van der Waals surface area contributed by atoms with Crippen LogP contribution in [0.1, 0.15) is 28.4 Å². The minimum atomic E-state index is -0.128. The molecule has 176 valence electrons. The molecule has 0 spiro atoms. The Morgan fingerprint density at radius 2 is 1.62 bits per heavy atom. The average molecular weight is 476 g/mol. The van der Waals surface area contributed by atoms with Crippen molar-refractivity contribution in [3.63, 3.8) is 0 Å². The molecule has 1 amide bonds. The maximum atomic E-state index is 12.5. The Hall–Kier alpha value is -3.39. The fraction of sp³-hybridized carbons (Fsp3) is 0.308. The van der Waals surface area contributed by atoms with Crippen molar-refractivity contribution in [3.05, 3.63) is 71.5 Å². The van der Waals surface area contributed by atoms with Gasteiger partial charge >= 0.3 is 0 Å². The van der Waals surface area contributed by atoms with E-state index in [4.69, 9.17) is 0 Å². The molecule has 1 aliphatic heterocycles. The molecule has 0 unspecified atom stereocenters. The van der Waals surface area contributed by atoms with Crippen LogP contribution in [0, 0.1) is 13.8 Å². The maximum Gasteiger partial charge on any atom is 0.234 e. The van der Waals surface area contributed by atoms with E-state index in [9.17, 15) is 9.59 Å². The van der Waals surface area contributed by atoms with E-state index in [2.05, 4.69) is 57.1 Å². The molecule has 3 aromatic rings. The van der Waals surface area contributed by atoms with Crippen molar-refractivity contribution in [2.24, 2.45) is 0 Å². The number of ketones is 1. The summed E-state index contributed by atoms with van der Waals surface area (Å²) in [7, 11) is 0. The summed E-state index contributed by atoms with van der Waals surface area (Å²) in [5.41, 5.74) is 5.21. The van der Waals surface area contributed by atoms with E-state index in [-0.39, 0.29) is 17.4 Å². The average Bonchev–Trinajstić information content (AvgIpc) is 2.85. The van der Waals surface area contributed by atoms with E-state index in [0.717, 1.165) is 37.0 Å². The number of carbonyl (C=O) groups is 2. The lowest BCUT2D eigenvalue weighted by Gasteiger charge is -2.37. The molecule has 1 aromatic heterocycles. The Kier molecular flexibility index (Phi) is 7.47. The number of anilines is 3. The molecule has 0 atom stereocenters. The second-order valence-corrected chi connectivity index (χ2v) is 9.31. The number of carbonyl (C=O) groups excluding carboxylic acids is 2. The van der Waals surface area contributed by atoms with Gasteiger partial charge in [-0.2, -0.15) is 0 Å². The second-order valence-electron chi connectivity index (χ2n) is 8.35. The number of thioether (sulfide) groups is 1. The first kappa shape index (κ1) is 23.8. The van der Waals surface area contributed by atoms with Crippen LogP contribution in [0.2, 0.25) is 0 Å². The summed E-state index contributed by atoms with van der Waals surface area (Å²) in [6, 6.07) is 13.4. The summed E-state index contributed by atoms with van der Waals surface area (Å²) in [4.78, 5) is 37.6. The van der Waals surface area contributed by atoms with Gasteiger partial charge in [-0.25, -0.2) is 9.97 Å². The fourth-order valence-electron chi connectivity index (χ4n) is 3.99. The Morgan fingerprint density at radius 3 is 2.32 bits per heavy atom. The van der Waals surface area contributed by atoms with Crippen LogP contribution in [-0.2, 0) is 4.79 Å². The normalized spacial score (nSPS) is 13.6. The summed E-state index contributed by atoms with van der Waals surface area (Å²) < 4.78 is 0. The third-order valence-electron chi connectivity index (χ3n) is 6.06. The summed E-state index contributed by atoms with van der Waals surface area (Å²) in [6.45, 7) is 9.34. The lowest BCUT2D eigenvalue weighted by Crippen LogP contribution is -2.47. The van der Waals surface area contributed by atoms with Gasteiger partial charge in [-0.15, -0.1) is 0 Å². The van der Waals surface area contributed by atoms with Gasteiger partial charge in [-0.3, -0.25) is 9.59 Å². The zero-order valence-corrected chi connectivity index (χ0v) is 20.6. The topological polar surface area (TPSA) is 78.4 Å². The molecular formula is C26H29N5O2S. The summed E-state index contributed by atoms with van der Waals surface area (Å²) in [5.74, 6) is 0.921. The molecule has 1 aliphatic rings. The Morgan fingerprint density at radius 1 is 0.941 bits per heavy atom. The molecule has 1 fully saturated rings. The highest BCUT2D eigenvalue weighted by atomic mass is 32.2. The number of benzene rings is 2. The van der Waals surface area contributed by atoms with E-state index in [0.29, 0.717) is 11.3 Å². The van der Waals surface area contributed by atoms with Crippen LogP contribution in [0.4, 0.5) is 17.2 Å². The van der Waals surface area contributed by atoms with Gasteiger partial charge in [0.15, 0.2) is 11.6 Å². The molecular weight excluding hydrogens is 446 g/mol. The number of piperazine rings is 1. The molecule has 0 saturated carbocycles. The van der Waals surface area contributed by atoms with Crippen molar-refractivity contribution in [2.75, 3.05) is 47.0 Å². The van der Waals surface area contributed by atoms with Crippen molar-refractivity contribution >= 4 is 40.6 Å². The predicted octanol–water partition coefficient (Wildman–Crippen LogP) is 4.35. The highest BCUT2D eigenvalue weighted by Gasteiger charge is 2.22. The van der Waals surface area contributed by atoms with Gasteiger partial charge in [0.25, 0.3) is 0 Å². The van der Waals surface area contributed by atoms with E-state index in [1.54, 1.807) is 36.7 Å². The lowest BCUT2D eigenvalue weighted by atomic mass is 10.1. The largest absolute Gasteiger partial charge is 0.368 e. The van der Waals surface area contributed by atoms with Gasteiger partial charge < -0.3 is 15.1 Å². The number of hydrogen-bond donors (Lipinski definition) is 1. The van der Waals surface area contributed by atoms with Gasteiger partial charge in [0, 0.05) is 55.5 Å². The quantitative estimate of drug-likeness (QED) is 0.402. The molecule has 34 heavy (non-hydrogen) atoms. The highest BCUT2D eigenvalue weighted by Crippen LogP contribution is 2.29. The van der Waals surface area contributed by atoms with Crippen molar-refractivity contribution in [1.82, 2.24) is 9.97 Å². The van der Waals surface area contributed by atoms with Crippen molar-refractivity contribution in [1.29, 1.82) is 0 Å². The van der Waals surface area contributed by atoms with E-state index < -0.39 is 0 Å². The molecule has 7 nitrogen and oxygen atoms in total. The van der Waals surface area contributed by atoms with Crippen LogP contribution >= 0.6 is 11.8 Å². The summed E-state index contributed by atoms with van der Waals surface area (Å²) in [5, 5.41) is 3.63. The second kappa shape index (κ2) is 10.7. The van der Waals surface area contributed by atoms with Gasteiger partial charge in [0.1, 0.15) is 5.03 Å². The summed E-state index contributed by atoms with van der Waals surface area (Å²) >= 11 is 1.38. The van der Waals surface area contributed by atoms with E-state index >= 15 is 0 Å². The number of nitrogens with one attached hydrogen (secondary N) is 1. The van der Waals surface area contributed by atoms with Crippen LogP contribution in [0.5, 0.6) is 0 Å². The molecule has 0 bridgehead atoms. The number of aromatic nitrogens is 2. The number of Topliss-reactive ketones (excluding diaryl/α,β-unsaturated/α-hetero) is 1. The third kappa shape index (κ3) is 5.56. The first-order valence-electron chi connectivity index (χ1n) is 11.3. The number of hydrogen-bond acceptors (Lipinski definition) is 7. The van der Waals surface area contributed by atoms with Crippen molar-refractivity contribution in [2.45, 2.75) is 25.8 Å². The third-order valence-corrected chi connectivity index (χ3v) is 7.03. The Balaban J connectivity index is 1.35. The molecule has 2 heterocycles. The molecule has 2 aromatic carbocycles. The predicted molar refractivity (Wildman–Crippen MR) is 138 cm³/mol. The monoisotopic (exact) mass is 475 g/mol. The van der Waals surface area contributed by atoms with Crippen molar-refractivity contribution in [3.8, 4) is 0 Å². The number of amides is 1. The molecule has 0 aliphatic carbocycles. The lowest BCUT2D eigenvalue weighted by molar-refractivity contribution is -0.113. The van der Waals surface area contributed by atoms with Crippen LogP contribution in [0.3, 0.4) is 0 Å². The van der Waals surface area contributed by atoms with Gasteiger partial charge in [-0.1, -0.05) is 23.9 Å². The molecule has 1 saturated heterocycles.